The maximum absolute atomic E-state index is 12.5. The van der Waals surface area contributed by atoms with Gasteiger partial charge in [-0.1, -0.05) is 0 Å². The van der Waals surface area contributed by atoms with Gasteiger partial charge in [0.15, 0.2) is 0 Å². The second-order valence-corrected chi connectivity index (χ2v) is 8.70. The number of amides is 1. The van der Waals surface area contributed by atoms with Crippen molar-refractivity contribution < 1.29 is 19.7 Å². The lowest BCUT2D eigenvalue weighted by molar-refractivity contribution is -0.141. The van der Waals surface area contributed by atoms with Gasteiger partial charge in [-0.15, -0.1) is 0 Å². The van der Waals surface area contributed by atoms with Crippen molar-refractivity contribution in [2.45, 2.75) is 64.1 Å². The molecule has 1 aromatic carbocycles. The summed E-state index contributed by atoms with van der Waals surface area (Å²) in [6.45, 7) is 1.91. The zero-order chi connectivity index (χ0) is 21.0. The number of carbonyl (C=O) groups excluding carboxylic acids is 1. The van der Waals surface area contributed by atoms with Crippen LogP contribution in [0.1, 0.15) is 59.4 Å². The van der Waals surface area contributed by atoms with Gasteiger partial charge < -0.3 is 25.3 Å². The van der Waals surface area contributed by atoms with Crippen molar-refractivity contribution in [2.24, 2.45) is 5.92 Å². The van der Waals surface area contributed by atoms with Crippen molar-refractivity contribution in [1.29, 1.82) is 0 Å². The fraction of sp³-hybridized carbons (Fsp3) is 0.478. The number of aliphatic hydroxyl groups excluding tert-OH is 1. The van der Waals surface area contributed by atoms with Crippen molar-refractivity contribution in [2.75, 3.05) is 5.32 Å². The largest absolute Gasteiger partial charge is 0.455 e. The first-order valence-corrected chi connectivity index (χ1v) is 10.7. The molecule has 2 aromatic rings. The maximum Gasteiger partial charge on any atom is 0.280 e. The second kappa shape index (κ2) is 7.25. The van der Waals surface area contributed by atoms with Gasteiger partial charge in [-0.2, -0.15) is 0 Å². The summed E-state index contributed by atoms with van der Waals surface area (Å²) in [4.78, 5) is 27.2. The van der Waals surface area contributed by atoms with Gasteiger partial charge in [0, 0.05) is 28.6 Å². The van der Waals surface area contributed by atoms with Crippen LogP contribution in [0.4, 0.5) is 5.69 Å². The molecule has 7 nitrogen and oxygen atoms in total. The summed E-state index contributed by atoms with van der Waals surface area (Å²) in [6.07, 6.45) is 6.45. The fourth-order valence-electron chi connectivity index (χ4n) is 5.18. The predicted octanol–water partition coefficient (Wildman–Crippen LogP) is 2.65. The highest BCUT2D eigenvalue weighted by atomic mass is 16.5. The summed E-state index contributed by atoms with van der Waals surface area (Å²) in [7, 11) is 0. The number of pyridine rings is 1. The van der Waals surface area contributed by atoms with Crippen LogP contribution in [0.5, 0.6) is 11.5 Å². The number of fused-ring (bicyclic) bond motifs is 2. The monoisotopic (exact) mass is 410 g/mol. The van der Waals surface area contributed by atoms with E-state index in [9.17, 15) is 9.59 Å². The van der Waals surface area contributed by atoms with Crippen LogP contribution < -0.4 is 15.6 Å². The molecule has 1 atom stereocenters. The molecule has 1 amide bonds. The first kappa shape index (κ1) is 19.3. The van der Waals surface area contributed by atoms with Crippen LogP contribution in [-0.4, -0.2) is 27.4 Å². The van der Waals surface area contributed by atoms with E-state index in [1.165, 1.54) is 12.8 Å². The minimum atomic E-state index is -2.05. The number of benzene rings is 1. The standard InChI is InChI=1S/C23H26N2O5/c1-11-9-17(25-22(27)23(28)29)14-3-2-4-15(14)20(11)30-18-10-24-21(26)19-13(12-5-6-12)7-8-16(18)19/h9-10,12-13,23,28-29H,2-8H2,1H3,(H,24,26)(H,25,27). The summed E-state index contributed by atoms with van der Waals surface area (Å²) in [5, 5.41) is 20.8. The zero-order valence-electron chi connectivity index (χ0n) is 17.0. The molecular weight excluding hydrogens is 384 g/mol. The number of hydrogen-bond donors (Lipinski definition) is 4. The molecule has 1 fully saturated rings. The molecule has 3 aliphatic carbocycles. The number of anilines is 1. The van der Waals surface area contributed by atoms with E-state index in [-0.39, 0.29) is 5.56 Å². The van der Waals surface area contributed by atoms with Crippen molar-refractivity contribution >= 4 is 11.6 Å². The third kappa shape index (κ3) is 3.22. The lowest BCUT2D eigenvalue weighted by Crippen LogP contribution is -2.27. The molecule has 1 unspecified atom stereocenters. The molecule has 7 heteroatoms. The summed E-state index contributed by atoms with van der Waals surface area (Å²) >= 11 is 0. The Labute approximate surface area is 174 Å². The molecule has 0 radical (unpaired) electrons. The lowest BCUT2D eigenvalue weighted by Gasteiger charge is -2.19. The lowest BCUT2D eigenvalue weighted by atomic mass is 9.97. The second-order valence-electron chi connectivity index (χ2n) is 8.70. The number of carbonyl (C=O) groups is 1. The van der Waals surface area contributed by atoms with Gasteiger partial charge in [0.2, 0.25) is 6.29 Å². The average Bonchev–Trinajstić information content (AvgIpc) is 3.25. The molecule has 0 saturated heterocycles. The van der Waals surface area contributed by atoms with E-state index in [2.05, 4.69) is 10.3 Å². The van der Waals surface area contributed by atoms with Crippen molar-refractivity contribution in [3.8, 4) is 11.5 Å². The molecule has 4 N–H and O–H groups in total. The predicted molar refractivity (Wildman–Crippen MR) is 111 cm³/mol. The molecule has 158 valence electrons. The Morgan fingerprint density at radius 2 is 1.93 bits per heavy atom. The van der Waals surface area contributed by atoms with Crippen LogP contribution in [0.3, 0.4) is 0 Å². The van der Waals surface area contributed by atoms with E-state index in [4.69, 9.17) is 14.9 Å². The Bertz CT molecular complexity index is 1080. The van der Waals surface area contributed by atoms with Crippen molar-refractivity contribution in [3.05, 3.63) is 50.4 Å². The number of hydrogen-bond acceptors (Lipinski definition) is 5. The van der Waals surface area contributed by atoms with Gasteiger partial charge in [-0.3, -0.25) is 9.59 Å². The summed E-state index contributed by atoms with van der Waals surface area (Å²) in [5.41, 5.74) is 5.42. The van der Waals surface area contributed by atoms with E-state index in [0.717, 1.165) is 65.7 Å². The van der Waals surface area contributed by atoms with E-state index in [1.54, 1.807) is 6.20 Å². The molecular formula is C23H26N2O5. The number of aromatic nitrogens is 1. The van der Waals surface area contributed by atoms with Crippen LogP contribution in [0.2, 0.25) is 0 Å². The van der Waals surface area contributed by atoms with Crippen LogP contribution in [-0.2, 0) is 24.1 Å². The van der Waals surface area contributed by atoms with Gasteiger partial charge in [0.1, 0.15) is 11.5 Å². The fourth-order valence-corrected chi connectivity index (χ4v) is 5.18. The molecule has 0 aliphatic heterocycles. The Morgan fingerprint density at radius 3 is 2.67 bits per heavy atom. The number of ether oxygens (including phenoxy) is 1. The van der Waals surface area contributed by atoms with E-state index < -0.39 is 12.2 Å². The molecule has 30 heavy (non-hydrogen) atoms. The summed E-state index contributed by atoms with van der Waals surface area (Å²) < 4.78 is 6.42. The summed E-state index contributed by atoms with van der Waals surface area (Å²) in [5.74, 6) is 1.63. The van der Waals surface area contributed by atoms with Crippen molar-refractivity contribution in [3.63, 3.8) is 0 Å². The van der Waals surface area contributed by atoms with Crippen LogP contribution in [0.15, 0.2) is 17.1 Å². The Kier molecular flexibility index (Phi) is 4.67. The molecule has 0 spiro atoms. The van der Waals surface area contributed by atoms with Gasteiger partial charge >= 0.3 is 0 Å². The molecule has 1 saturated carbocycles. The highest BCUT2D eigenvalue weighted by Gasteiger charge is 2.39. The van der Waals surface area contributed by atoms with E-state index in [1.807, 2.05) is 13.0 Å². The zero-order valence-corrected chi connectivity index (χ0v) is 17.0. The maximum atomic E-state index is 12.5. The van der Waals surface area contributed by atoms with Gasteiger partial charge in [-0.05, 0) is 80.9 Å². The van der Waals surface area contributed by atoms with E-state index >= 15 is 0 Å². The number of aryl methyl sites for hydroxylation is 1. The highest BCUT2D eigenvalue weighted by molar-refractivity contribution is 5.94. The Morgan fingerprint density at radius 1 is 1.17 bits per heavy atom. The van der Waals surface area contributed by atoms with Crippen LogP contribution in [0.25, 0.3) is 0 Å². The smallest absolute Gasteiger partial charge is 0.280 e. The molecule has 5 rings (SSSR count). The van der Waals surface area contributed by atoms with Crippen LogP contribution in [0, 0.1) is 12.8 Å². The number of nitrogens with one attached hydrogen (secondary N) is 2. The Hall–Kier alpha value is -2.64. The Balaban J connectivity index is 1.52. The van der Waals surface area contributed by atoms with Crippen LogP contribution >= 0.6 is 0 Å². The van der Waals surface area contributed by atoms with Gasteiger partial charge in [0.05, 0.1) is 0 Å². The molecule has 0 bridgehead atoms. The number of rotatable bonds is 5. The number of H-pyrrole nitrogens is 1. The van der Waals surface area contributed by atoms with Gasteiger partial charge in [0.25, 0.3) is 11.5 Å². The first-order chi connectivity index (χ1) is 14.4. The highest BCUT2D eigenvalue weighted by Crippen LogP contribution is 2.50. The molecule has 3 aliphatic rings. The third-order valence-electron chi connectivity index (χ3n) is 6.71. The number of aromatic amines is 1. The molecule has 1 aromatic heterocycles. The minimum Gasteiger partial charge on any atom is -0.455 e. The quantitative estimate of drug-likeness (QED) is 0.566. The minimum absolute atomic E-state index is 0.00863. The first-order valence-electron chi connectivity index (χ1n) is 10.7. The van der Waals surface area contributed by atoms with Crippen molar-refractivity contribution in [1.82, 2.24) is 4.98 Å². The summed E-state index contributed by atoms with van der Waals surface area (Å²) in [6, 6.07) is 1.82. The van der Waals surface area contributed by atoms with E-state index in [0.29, 0.717) is 23.3 Å². The SMILES string of the molecule is Cc1cc(NC(=O)C(O)O)c2c(c1Oc1c[nH]c(=O)c3c1CCC3C1CC1)CCC2. The normalized spacial score (nSPS) is 19.7. The average molecular weight is 410 g/mol. The number of aliphatic hydroxyl groups is 2. The third-order valence-corrected chi connectivity index (χ3v) is 6.71. The topological polar surface area (TPSA) is 112 Å². The van der Waals surface area contributed by atoms with Gasteiger partial charge in [-0.25, -0.2) is 0 Å². The molecule has 1 heterocycles.